The summed E-state index contributed by atoms with van der Waals surface area (Å²) in [5.74, 6) is -1.16. The lowest BCUT2D eigenvalue weighted by molar-refractivity contribution is -0.0361. The predicted molar refractivity (Wildman–Crippen MR) is 116 cm³/mol. The first-order valence-electron chi connectivity index (χ1n) is 10.4. The van der Waals surface area contributed by atoms with Gasteiger partial charge in [-0.1, -0.05) is 49.4 Å². The van der Waals surface area contributed by atoms with E-state index in [9.17, 15) is 14.7 Å². The number of hydrogen-bond donors (Lipinski definition) is 1. The number of carbonyl (C=O) groups excluding carboxylic acids is 2. The number of esters is 2. The van der Waals surface area contributed by atoms with Crippen molar-refractivity contribution < 1.29 is 28.9 Å². The molecule has 1 aliphatic rings. The van der Waals surface area contributed by atoms with Crippen molar-refractivity contribution in [3.63, 3.8) is 0 Å². The molecule has 1 aliphatic heterocycles. The molecule has 0 unspecified atom stereocenters. The molecule has 0 radical (unpaired) electrons. The van der Waals surface area contributed by atoms with Gasteiger partial charge in [-0.2, -0.15) is 0 Å². The zero-order valence-corrected chi connectivity index (χ0v) is 17.6. The average molecular weight is 424 g/mol. The summed E-state index contributed by atoms with van der Waals surface area (Å²) in [6.45, 7) is 5.49. The van der Waals surface area contributed by atoms with E-state index in [2.05, 4.69) is 6.58 Å². The Balaban J connectivity index is 1.68. The number of rotatable bonds is 9. The molecular weight excluding hydrogens is 396 g/mol. The molecule has 3 rings (SSSR count). The van der Waals surface area contributed by atoms with Gasteiger partial charge in [-0.3, -0.25) is 0 Å². The molecule has 1 heterocycles. The lowest BCUT2D eigenvalue weighted by Crippen LogP contribution is -2.32. The maximum atomic E-state index is 12.6. The van der Waals surface area contributed by atoms with Crippen LogP contribution in [0.5, 0.6) is 0 Å². The zero-order valence-electron chi connectivity index (χ0n) is 17.6. The fraction of sp³-hybridized carbons (Fsp3) is 0.360. The van der Waals surface area contributed by atoms with Gasteiger partial charge in [0.05, 0.1) is 29.4 Å². The van der Waals surface area contributed by atoms with E-state index >= 15 is 0 Å². The van der Waals surface area contributed by atoms with Crippen molar-refractivity contribution in [3.05, 3.63) is 84.4 Å². The van der Waals surface area contributed by atoms with Crippen molar-refractivity contribution in [2.24, 2.45) is 5.92 Å². The van der Waals surface area contributed by atoms with Crippen LogP contribution in [0.15, 0.2) is 73.3 Å². The van der Waals surface area contributed by atoms with E-state index in [4.69, 9.17) is 14.2 Å². The van der Waals surface area contributed by atoms with Crippen LogP contribution in [0, 0.1) is 5.92 Å². The molecule has 0 aromatic heterocycles. The minimum atomic E-state index is -0.720. The Morgan fingerprint density at radius 2 is 1.61 bits per heavy atom. The molecule has 0 amide bonds. The van der Waals surface area contributed by atoms with E-state index in [1.54, 1.807) is 54.6 Å². The van der Waals surface area contributed by atoms with Gasteiger partial charge in [-0.15, -0.1) is 6.58 Å². The summed E-state index contributed by atoms with van der Waals surface area (Å²) in [5.41, 5.74) is 0.828. The van der Waals surface area contributed by atoms with E-state index in [-0.39, 0.29) is 24.7 Å². The van der Waals surface area contributed by atoms with Gasteiger partial charge in [0.1, 0.15) is 12.7 Å². The van der Waals surface area contributed by atoms with Crippen LogP contribution >= 0.6 is 0 Å². The third kappa shape index (κ3) is 6.03. The first-order valence-corrected chi connectivity index (χ1v) is 10.4. The molecule has 0 saturated carbocycles. The number of aliphatic hydroxyl groups is 1. The Morgan fingerprint density at radius 1 is 1.03 bits per heavy atom. The predicted octanol–water partition coefficient (Wildman–Crippen LogP) is 3.80. The summed E-state index contributed by atoms with van der Waals surface area (Å²) in [6.07, 6.45) is 0.477. The smallest absolute Gasteiger partial charge is 0.338 e. The second-order valence-corrected chi connectivity index (χ2v) is 7.68. The molecule has 31 heavy (non-hydrogen) atoms. The van der Waals surface area contributed by atoms with Gasteiger partial charge >= 0.3 is 11.9 Å². The molecule has 2 aromatic carbocycles. The second-order valence-electron chi connectivity index (χ2n) is 7.68. The molecule has 5 atom stereocenters. The van der Waals surface area contributed by atoms with E-state index in [0.717, 1.165) is 0 Å². The van der Waals surface area contributed by atoms with Crippen molar-refractivity contribution in [2.75, 3.05) is 6.61 Å². The van der Waals surface area contributed by atoms with Gasteiger partial charge in [0.15, 0.2) is 0 Å². The number of ether oxygens (including phenoxy) is 3. The highest BCUT2D eigenvalue weighted by molar-refractivity contribution is 5.90. The summed E-state index contributed by atoms with van der Waals surface area (Å²) >= 11 is 0. The number of hydrogen-bond acceptors (Lipinski definition) is 6. The van der Waals surface area contributed by atoms with E-state index in [1.807, 2.05) is 19.1 Å². The Bertz CT molecular complexity index is 866. The standard InChI is InChI=1S/C25H28O6/c1-3-10-21-23(26)17(2)22(31-21)15-20(30-25(28)19-13-8-5-9-14-19)16-29-24(27)18-11-6-4-7-12-18/h3-9,11-14,17,20-23,26H,1,10,15-16H2,2H3/t17-,20-,21-,22+,23+/m0/s1. The zero-order chi connectivity index (χ0) is 22.2. The van der Waals surface area contributed by atoms with Crippen LogP contribution in [0.3, 0.4) is 0 Å². The molecule has 6 nitrogen and oxygen atoms in total. The molecule has 2 aromatic rings. The minimum Gasteiger partial charge on any atom is -0.458 e. The van der Waals surface area contributed by atoms with E-state index in [0.29, 0.717) is 24.0 Å². The Labute approximate surface area is 182 Å². The normalized spacial score (nSPS) is 23.7. The maximum Gasteiger partial charge on any atom is 0.338 e. The molecule has 1 saturated heterocycles. The number of benzene rings is 2. The van der Waals surface area contributed by atoms with Crippen LogP contribution in [0.1, 0.15) is 40.5 Å². The van der Waals surface area contributed by atoms with Crippen molar-refractivity contribution in [1.29, 1.82) is 0 Å². The average Bonchev–Trinajstić information content (AvgIpc) is 3.06. The molecule has 1 N–H and O–H groups in total. The summed E-state index contributed by atoms with van der Waals surface area (Å²) < 4.78 is 17.1. The fourth-order valence-corrected chi connectivity index (χ4v) is 3.65. The number of aliphatic hydroxyl groups excluding tert-OH is 1. The lowest BCUT2D eigenvalue weighted by atomic mass is 9.94. The highest BCUT2D eigenvalue weighted by atomic mass is 16.6. The molecule has 164 valence electrons. The van der Waals surface area contributed by atoms with Gasteiger partial charge < -0.3 is 19.3 Å². The first-order chi connectivity index (χ1) is 15.0. The van der Waals surface area contributed by atoms with Crippen LogP contribution in [-0.4, -0.2) is 48.1 Å². The molecule has 1 fully saturated rings. The summed E-state index contributed by atoms with van der Waals surface area (Å²) in [6, 6.07) is 17.3. The minimum absolute atomic E-state index is 0.110. The third-order valence-electron chi connectivity index (χ3n) is 5.44. The Hall–Kier alpha value is -2.96. The van der Waals surface area contributed by atoms with Crippen molar-refractivity contribution in [1.82, 2.24) is 0 Å². The number of carbonyl (C=O) groups is 2. The Morgan fingerprint density at radius 3 is 2.19 bits per heavy atom. The fourth-order valence-electron chi connectivity index (χ4n) is 3.65. The summed E-state index contributed by atoms with van der Waals surface area (Å²) in [5, 5.41) is 10.4. The van der Waals surface area contributed by atoms with Gasteiger partial charge in [-0.25, -0.2) is 9.59 Å². The largest absolute Gasteiger partial charge is 0.458 e. The van der Waals surface area contributed by atoms with Crippen molar-refractivity contribution in [2.45, 2.75) is 44.2 Å². The van der Waals surface area contributed by atoms with Crippen molar-refractivity contribution >= 4 is 11.9 Å². The first kappa shape index (κ1) is 22.7. The molecule has 0 bridgehead atoms. The maximum absolute atomic E-state index is 12.6. The van der Waals surface area contributed by atoms with Crippen LogP contribution in [0.25, 0.3) is 0 Å². The van der Waals surface area contributed by atoms with Gasteiger partial charge in [-0.05, 0) is 30.7 Å². The van der Waals surface area contributed by atoms with Crippen LogP contribution in [0.4, 0.5) is 0 Å². The van der Waals surface area contributed by atoms with Crippen LogP contribution in [-0.2, 0) is 14.2 Å². The van der Waals surface area contributed by atoms with Gasteiger partial charge in [0, 0.05) is 12.3 Å². The van der Waals surface area contributed by atoms with E-state index in [1.165, 1.54) is 0 Å². The lowest BCUT2D eigenvalue weighted by Gasteiger charge is -2.23. The van der Waals surface area contributed by atoms with E-state index < -0.39 is 24.1 Å². The summed E-state index contributed by atoms with van der Waals surface area (Å²) in [4.78, 5) is 24.9. The topological polar surface area (TPSA) is 82.1 Å². The molecular formula is C25H28O6. The summed E-state index contributed by atoms with van der Waals surface area (Å²) in [7, 11) is 0. The van der Waals surface area contributed by atoms with Crippen molar-refractivity contribution in [3.8, 4) is 0 Å². The molecule has 6 heteroatoms. The Kier molecular flexibility index (Phi) is 7.98. The van der Waals surface area contributed by atoms with Crippen LogP contribution < -0.4 is 0 Å². The highest BCUT2D eigenvalue weighted by Crippen LogP contribution is 2.32. The SMILES string of the molecule is C=CC[C@@H]1O[C@H](C[C@@H](COC(=O)c2ccccc2)OC(=O)c2ccccc2)[C@H](C)[C@H]1O. The molecule has 0 spiro atoms. The van der Waals surface area contributed by atoms with Crippen LogP contribution in [0.2, 0.25) is 0 Å². The quantitative estimate of drug-likeness (QED) is 0.487. The third-order valence-corrected chi connectivity index (χ3v) is 5.44. The van der Waals surface area contributed by atoms with Gasteiger partial charge in [0.2, 0.25) is 0 Å². The second kappa shape index (κ2) is 10.9. The van der Waals surface area contributed by atoms with Gasteiger partial charge in [0.25, 0.3) is 0 Å². The molecule has 0 aliphatic carbocycles. The highest BCUT2D eigenvalue weighted by Gasteiger charge is 2.41. The monoisotopic (exact) mass is 424 g/mol.